The molecule has 2 heterocycles. The first-order chi connectivity index (χ1) is 17.9. The van der Waals surface area contributed by atoms with E-state index < -0.39 is 24.3 Å². The van der Waals surface area contributed by atoms with Crippen LogP contribution in [0.1, 0.15) is 69.3 Å². The number of hydrogen-bond acceptors (Lipinski definition) is 5. The number of nitrogens with zero attached hydrogens (tertiary/aromatic N) is 2. The second-order valence-corrected chi connectivity index (χ2v) is 11.8. The van der Waals surface area contributed by atoms with Crippen LogP contribution in [0.5, 0.6) is 0 Å². The molecule has 200 valence electrons. The normalized spacial score (nSPS) is 22.5. The van der Waals surface area contributed by atoms with Gasteiger partial charge in [0.25, 0.3) is 5.91 Å². The Morgan fingerprint density at radius 3 is 2.29 bits per heavy atom. The van der Waals surface area contributed by atoms with E-state index in [1.807, 2.05) is 52.0 Å². The predicted octanol–water partition coefficient (Wildman–Crippen LogP) is 4.41. The Labute approximate surface area is 227 Å². The topological polar surface area (TPSA) is 103 Å². The van der Waals surface area contributed by atoms with Crippen LogP contribution in [0, 0.1) is 5.92 Å². The van der Waals surface area contributed by atoms with Gasteiger partial charge in [0.05, 0.1) is 46.0 Å². The van der Waals surface area contributed by atoms with E-state index in [4.69, 9.17) is 20.9 Å². The van der Waals surface area contributed by atoms with Gasteiger partial charge in [0.1, 0.15) is 0 Å². The highest BCUT2D eigenvalue weighted by atomic mass is 35.5. The molecule has 2 aromatic carbocycles. The average molecular weight is 538 g/mol. The third-order valence-corrected chi connectivity index (χ3v) is 8.57. The van der Waals surface area contributed by atoms with Crippen molar-refractivity contribution >= 4 is 47.0 Å². The number of aliphatic carboxylic acids is 1. The van der Waals surface area contributed by atoms with Crippen LogP contribution >= 0.6 is 11.6 Å². The Balaban J connectivity index is 1.34. The number of rotatable bonds is 6. The van der Waals surface area contributed by atoms with Gasteiger partial charge in [-0.3, -0.25) is 14.3 Å². The molecule has 38 heavy (non-hydrogen) atoms. The molecular formula is C28H33BClN3O5. The van der Waals surface area contributed by atoms with Crippen molar-refractivity contribution in [3.8, 4) is 0 Å². The summed E-state index contributed by atoms with van der Waals surface area (Å²) in [6.07, 6.45) is 4.11. The first kappa shape index (κ1) is 26.7. The van der Waals surface area contributed by atoms with Crippen molar-refractivity contribution in [3.05, 3.63) is 58.7 Å². The number of carbonyl (C=O) groups excluding carboxylic acids is 1. The van der Waals surface area contributed by atoms with Gasteiger partial charge in [-0.15, -0.1) is 0 Å². The third-order valence-electron chi connectivity index (χ3n) is 8.24. The summed E-state index contributed by atoms with van der Waals surface area (Å²) in [6.45, 7) is 8.58. The standard InChI is InChI=1S/C28H33BClN3O5/c1-27(2)28(3,4)38-29(37-27)19-9-5-17(6-10-19)16-33-24-21(13-14-23(30)22(24)15-31-33)25(34)32-20-11-7-18(8-12-20)26(35)36/h5-6,9-10,13-15,18,20H,7-8,11-12,16H2,1-4H3,(H,32,34)(H,35,36). The van der Waals surface area contributed by atoms with Crippen molar-refractivity contribution in [1.82, 2.24) is 15.1 Å². The number of fused-ring (bicyclic) bond motifs is 1. The number of carbonyl (C=O) groups is 2. The zero-order valence-electron chi connectivity index (χ0n) is 22.2. The molecule has 8 nitrogen and oxygen atoms in total. The minimum atomic E-state index is -0.762. The summed E-state index contributed by atoms with van der Waals surface area (Å²) in [4.78, 5) is 24.6. The lowest BCUT2D eigenvalue weighted by molar-refractivity contribution is -0.142. The summed E-state index contributed by atoms with van der Waals surface area (Å²) in [5, 5.41) is 18.1. The molecule has 0 radical (unpaired) electrons. The van der Waals surface area contributed by atoms with Gasteiger partial charge < -0.3 is 19.7 Å². The van der Waals surface area contributed by atoms with E-state index in [1.54, 1.807) is 23.0 Å². The number of carboxylic acid groups (broad SMARTS) is 1. The predicted molar refractivity (Wildman–Crippen MR) is 147 cm³/mol. The maximum atomic E-state index is 13.3. The summed E-state index contributed by atoms with van der Waals surface area (Å²) in [5.74, 6) is -1.30. The highest BCUT2D eigenvalue weighted by molar-refractivity contribution is 6.62. The van der Waals surface area contributed by atoms with Crippen LogP contribution in [0.3, 0.4) is 0 Å². The van der Waals surface area contributed by atoms with Crippen molar-refractivity contribution in [2.45, 2.75) is 77.2 Å². The fraction of sp³-hybridized carbons (Fsp3) is 0.464. The van der Waals surface area contributed by atoms with Gasteiger partial charge in [0.2, 0.25) is 0 Å². The third kappa shape index (κ3) is 5.07. The molecule has 0 bridgehead atoms. The Bertz CT molecular complexity index is 1350. The maximum absolute atomic E-state index is 13.3. The molecule has 1 aliphatic heterocycles. The van der Waals surface area contributed by atoms with Crippen LogP contribution < -0.4 is 10.8 Å². The second-order valence-electron chi connectivity index (χ2n) is 11.3. The van der Waals surface area contributed by atoms with Gasteiger partial charge in [0, 0.05) is 11.4 Å². The Morgan fingerprint density at radius 2 is 1.68 bits per heavy atom. The van der Waals surface area contributed by atoms with Crippen LogP contribution in [0.25, 0.3) is 10.9 Å². The number of amides is 1. The number of aromatic nitrogens is 2. The largest absolute Gasteiger partial charge is 0.494 e. The van der Waals surface area contributed by atoms with Crippen LogP contribution in [-0.4, -0.2) is 51.1 Å². The van der Waals surface area contributed by atoms with Crippen LogP contribution in [0.4, 0.5) is 0 Å². The zero-order chi connectivity index (χ0) is 27.2. The first-order valence-electron chi connectivity index (χ1n) is 13.1. The molecule has 0 atom stereocenters. The first-order valence-corrected chi connectivity index (χ1v) is 13.4. The Kier molecular flexibility index (Phi) is 7.05. The highest BCUT2D eigenvalue weighted by Gasteiger charge is 2.51. The number of carboxylic acids is 1. The molecule has 10 heteroatoms. The van der Waals surface area contributed by atoms with E-state index >= 15 is 0 Å². The summed E-state index contributed by atoms with van der Waals surface area (Å²) < 4.78 is 14.1. The number of benzene rings is 2. The van der Waals surface area contributed by atoms with Crippen LogP contribution in [0.2, 0.25) is 5.02 Å². The summed E-state index contributed by atoms with van der Waals surface area (Å²) >= 11 is 6.46. The Morgan fingerprint density at radius 1 is 1.05 bits per heavy atom. The molecule has 1 aromatic heterocycles. The summed E-state index contributed by atoms with van der Waals surface area (Å²) in [7, 11) is -0.431. The lowest BCUT2D eigenvalue weighted by Crippen LogP contribution is -2.41. The molecule has 2 aliphatic rings. The van der Waals surface area contributed by atoms with Crippen molar-refractivity contribution < 1.29 is 24.0 Å². The molecule has 1 amide bonds. The second kappa shape index (κ2) is 10.0. The molecule has 0 spiro atoms. The minimum Gasteiger partial charge on any atom is -0.481 e. The molecule has 1 saturated carbocycles. The number of halogens is 1. The minimum absolute atomic E-state index is 0.0530. The summed E-state index contributed by atoms with van der Waals surface area (Å²) in [5.41, 5.74) is 2.30. The quantitative estimate of drug-likeness (QED) is 0.452. The van der Waals surface area contributed by atoms with Crippen molar-refractivity contribution in [2.24, 2.45) is 5.92 Å². The molecule has 3 aromatic rings. The van der Waals surface area contributed by atoms with E-state index in [0.29, 0.717) is 53.7 Å². The van der Waals surface area contributed by atoms with Crippen LogP contribution in [-0.2, 0) is 20.6 Å². The maximum Gasteiger partial charge on any atom is 0.494 e. The van der Waals surface area contributed by atoms with Gasteiger partial charge in [-0.2, -0.15) is 5.10 Å². The fourth-order valence-corrected chi connectivity index (χ4v) is 5.35. The Hall–Kier alpha value is -2.88. The lowest BCUT2D eigenvalue weighted by atomic mass is 9.79. The van der Waals surface area contributed by atoms with Gasteiger partial charge in [-0.25, -0.2) is 0 Å². The van der Waals surface area contributed by atoms with E-state index in [2.05, 4.69) is 10.4 Å². The van der Waals surface area contributed by atoms with Crippen LogP contribution in [0.15, 0.2) is 42.6 Å². The lowest BCUT2D eigenvalue weighted by Gasteiger charge is -2.32. The molecule has 2 fully saturated rings. The van der Waals surface area contributed by atoms with Gasteiger partial charge >= 0.3 is 13.1 Å². The highest BCUT2D eigenvalue weighted by Crippen LogP contribution is 2.36. The average Bonchev–Trinajstić information content (AvgIpc) is 3.38. The van der Waals surface area contributed by atoms with Crippen molar-refractivity contribution in [1.29, 1.82) is 0 Å². The molecule has 1 saturated heterocycles. The number of nitrogens with one attached hydrogen (secondary N) is 1. The molecule has 0 unspecified atom stereocenters. The van der Waals surface area contributed by atoms with Crippen molar-refractivity contribution in [3.63, 3.8) is 0 Å². The van der Waals surface area contributed by atoms with E-state index in [1.165, 1.54) is 0 Å². The van der Waals surface area contributed by atoms with Crippen molar-refractivity contribution in [2.75, 3.05) is 0 Å². The monoisotopic (exact) mass is 537 g/mol. The van der Waals surface area contributed by atoms with Gasteiger partial charge in [-0.1, -0.05) is 35.9 Å². The molecular weight excluding hydrogens is 505 g/mol. The summed E-state index contributed by atoms with van der Waals surface area (Å²) in [6, 6.07) is 11.4. The fourth-order valence-electron chi connectivity index (χ4n) is 5.15. The van der Waals surface area contributed by atoms with Gasteiger partial charge in [-0.05, 0) is 76.5 Å². The number of hydrogen-bond donors (Lipinski definition) is 2. The van der Waals surface area contributed by atoms with Gasteiger partial charge in [0.15, 0.2) is 0 Å². The molecule has 1 aliphatic carbocycles. The van der Waals surface area contributed by atoms with E-state index in [9.17, 15) is 14.7 Å². The molecule has 5 rings (SSSR count). The smallest absolute Gasteiger partial charge is 0.481 e. The van der Waals surface area contributed by atoms with E-state index in [-0.39, 0.29) is 17.9 Å². The SMILES string of the molecule is CC1(C)OB(c2ccc(Cn3ncc4c(Cl)ccc(C(=O)NC5CCC(C(=O)O)CC5)c43)cc2)OC1(C)C. The zero-order valence-corrected chi connectivity index (χ0v) is 22.9. The van der Waals surface area contributed by atoms with E-state index in [0.717, 1.165) is 11.0 Å². The molecule has 2 N–H and O–H groups in total.